The van der Waals surface area contributed by atoms with Crippen LogP contribution in [0.1, 0.15) is 38.5 Å². The molecule has 2 rings (SSSR count). The Bertz CT molecular complexity index is 227. The molecule has 2 fully saturated rings. The van der Waals surface area contributed by atoms with Crippen LogP contribution in [0, 0.1) is 0 Å². The van der Waals surface area contributed by atoms with Gasteiger partial charge in [-0.2, -0.15) is 0 Å². The maximum atomic E-state index is 11.3. The highest BCUT2D eigenvalue weighted by atomic mass is 16.5. The summed E-state index contributed by atoms with van der Waals surface area (Å²) in [6, 6.07) is 0.365. The summed E-state index contributed by atoms with van der Waals surface area (Å²) in [7, 11) is 0. The van der Waals surface area contributed by atoms with Crippen molar-refractivity contribution >= 4 is 5.91 Å². The summed E-state index contributed by atoms with van der Waals surface area (Å²) in [5.74, 6) is 0.187. The van der Waals surface area contributed by atoms with Gasteiger partial charge in [0.2, 0.25) is 5.91 Å². The first-order valence-electron chi connectivity index (χ1n) is 6.46. The van der Waals surface area contributed by atoms with E-state index in [9.17, 15) is 4.79 Å². The van der Waals surface area contributed by atoms with Gasteiger partial charge in [0.25, 0.3) is 0 Å². The van der Waals surface area contributed by atoms with Crippen molar-refractivity contribution in [3.05, 3.63) is 0 Å². The van der Waals surface area contributed by atoms with E-state index in [2.05, 4.69) is 10.6 Å². The summed E-state index contributed by atoms with van der Waals surface area (Å²) in [5.41, 5.74) is 0. The number of ether oxygens (including phenoxy) is 1. The summed E-state index contributed by atoms with van der Waals surface area (Å²) in [4.78, 5) is 11.3. The fraction of sp³-hybridized carbons (Fsp3) is 0.917. The van der Waals surface area contributed by atoms with Crippen molar-refractivity contribution in [1.82, 2.24) is 10.6 Å². The number of rotatable bonds is 4. The van der Waals surface area contributed by atoms with E-state index in [1.807, 2.05) is 0 Å². The van der Waals surface area contributed by atoms with E-state index in [-0.39, 0.29) is 5.91 Å². The second-order valence-electron chi connectivity index (χ2n) is 4.77. The molecular formula is C12H22N2O2. The maximum Gasteiger partial charge on any atom is 0.221 e. The second kappa shape index (κ2) is 6.21. The summed E-state index contributed by atoms with van der Waals surface area (Å²) in [6.07, 6.45) is 6.76. The number of amides is 1. The van der Waals surface area contributed by atoms with E-state index in [0.29, 0.717) is 18.6 Å². The first-order valence-corrected chi connectivity index (χ1v) is 6.46. The predicted octanol–water partition coefficient (Wildman–Crippen LogP) is 0.814. The summed E-state index contributed by atoms with van der Waals surface area (Å²) >= 11 is 0. The fourth-order valence-electron chi connectivity index (χ4n) is 2.47. The Hall–Kier alpha value is -0.610. The first kappa shape index (κ1) is 11.9. The van der Waals surface area contributed by atoms with E-state index in [0.717, 1.165) is 39.0 Å². The monoisotopic (exact) mass is 226 g/mol. The molecule has 0 bridgehead atoms. The summed E-state index contributed by atoms with van der Waals surface area (Å²) in [6.45, 7) is 2.74. The molecule has 0 saturated carbocycles. The smallest absolute Gasteiger partial charge is 0.221 e. The molecular weight excluding hydrogens is 204 g/mol. The minimum absolute atomic E-state index is 0.187. The van der Waals surface area contributed by atoms with Crippen LogP contribution in [-0.2, 0) is 9.53 Å². The Morgan fingerprint density at radius 3 is 3.12 bits per heavy atom. The number of nitrogens with one attached hydrogen (secondary N) is 2. The lowest BCUT2D eigenvalue weighted by Gasteiger charge is -2.16. The molecule has 2 atom stereocenters. The third kappa shape index (κ3) is 3.76. The minimum atomic E-state index is 0.187. The fourth-order valence-corrected chi connectivity index (χ4v) is 2.47. The van der Waals surface area contributed by atoms with Crippen molar-refractivity contribution in [3.63, 3.8) is 0 Å². The van der Waals surface area contributed by atoms with Crippen LogP contribution in [0.2, 0.25) is 0 Å². The third-order valence-corrected chi connectivity index (χ3v) is 3.41. The third-order valence-electron chi connectivity index (χ3n) is 3.41. The summed E-state index contributed by atoms with van der Waals surface area (Å²) < 4.78 is 5.57. The minimum Gasteiger partial charge on any atom is -0.378 e. The van der Waals surface area contributed by atoms with Crippen LogP contribution in [-0.4, -0.2) is 37.7 Å². The molecule has 2 unspecified atom stereocenters. The molecule has 2 N–H and O–H groups in total. The number of hydrogen-bond acceptors (Lipinski definition) is 3. The molecule has 16 heavy (non-hydrogen) atoms. The Balaban J connectivity index is 1.62. The van der Waals surface area contributed by atoms with Gasteiger partial charge in [0.15, 0.2) is 0 Å². The zero-order chi connectivity index (χ0) is 11.2. The van der Waals surface area contributed by atoms with Gasteiger partial charge in [-0.1, -0.05) is 0 Å². The van der Waals surface area contributed by atoms with Crippen molar-refractivity contribution in [2.45, 2.75) is 50.7 Å². The standard InChI is InChI=1S/C12H22N2O2/c15-12-9-10(3-1-6-14-12)13-7-5-11-4-2-8-16-11/h10-11,13H,1-9H2,(H,14,15). The molecule has 0 spiro atoms. The van der Waals surface area contributed by atoms with E-state index in [1.54, 1.807) is 0 Å². The lowest BCUT2D eigenvalue weighted by atomic mass is 10.1. The molecule has 2 saturated heterocycles. The van der Waals surface area contributed by atoms with Crippen LogP contribution < -0.4 is 10.6 Å². The summed E-state index contributed by atoms with van der Waals surface area (Å²) in [5, 5.41) is 6.38. The first-order chi connectivity index (χ1) is 7.84. The average Bonchev–Trinajstić information content (AvgIpc) is 2.69. The Labute approximate surface area is 97.1 Å². The quantitative estimate of drug-likeness (QED) is 0.746. The average molecular weight is 226 g/mol. The van der Waals surface area contributed by atoms with Gasteiger partial charge in [-0.05, 0) is 38.6 Å². The number of carbonyl (C=O) groups excluding carboxylic acids is 1. The second-order valence-corrected chi connectivity index (χ2v) is 4.77. The molecule has 2 aliphatic rings. The van der Waals surface area contributed by atoms with Gasteiger partial charge in [-0.25, -0.2) is 0 Å². The van der Waals surface area contributed by atoms with E-state index in [1.165, 1.54) is 12.8 Å². The molecule has 0 aromatic carbocycles. The molecule has 2 heterocycles. The zero-order valence-electron chi connectivity index (χ0n) is 9.84. The molecule has 4 heteroatoms. The van der Waals surface area contributed by atoms with Crippen LogP contribution in [0.3, 0.4) is 0 Å². The number of carbonyl (C=O) groups is 1. The van der Waals surface area contributed by atoms with Crippen molar-refractivity contribution in [2.75, 3.05) is 19.7 Å². The van der Waals surface area contributed by atoms with Crippen molar-refractivity contribution in [3.8, 4) is 0 Å². The lowest BCUT2D eigenvalue weighted by molar-refractivity contribution is -0.121. The van der Waals surface area contributed by atoms with Crippen molar-refractivity contribution in [2.24, 2.45) is 0 Å². The lowest BCUT2D eigenvalue weighted by Crippen LogP contribution is -2.34. The Morgan fingerprint density at radius 2 is 2.31 bits per heavy atom. The maximum absolute atomic E-state index is 11.3. The van der Waals surface area contributed by atoms with Gasteiger partial charge in [0, 0.05) is 25.6 Å². The molecule has 1 amide bonds. The largest absolute Gasteiger partial charge is 0.378 e. The van der Waals surface area contributed by atoms with Gasteiger partial charge in [0.1, 0.15) is 0 Å². The van der Waals surface area contributed by atoms with Gasteiger partial charge in [0.05, 0.1) is 6.10 Å². The van der Waals surface area contributed by atoms with Crippen LogP contribution >= 0.6 is 0 Å². The molecule has 0 radical (unpaired) electrons. The van der Waals surface area contributed by atoms with Crippen molar-refractivity contribution < 1.29 is 9.53 Å². The molecule has 0 aromatic rings. The molecule has 92 valence electrons. The number of hydrogen-bond donors (Lipinski definition) is 2. The SMILES string of the molecule is O=C1CC(NCCC2CCCO2)CCCN1. The van der Waals surface area contributed by atoms with E-state index >= 15 is 0 Å². The Kier molecular flexibility index (Phi) is 4.60. The molecule has 2 aliphatic heterocycles. The highest BCUT2D eigenvalue weighted by Crippen LogP contribution is 2.15. The van der Waals surface area contributed by atoms with Crippen LogP contribution in [0.15, 0.2) is 0 Å². The normalized spacial score (nSPS) is 31.1. The molecule has 0 aromatic heterocycles. The van der Waals surface area contributed by atoms with Crippen LogP contribution in [0.5, 0.6) is 0 Å². The van der Waals surface area contributed by atoms with Gasteiger partial charge >= 0.3 is 0 Å². The van der Waals surface area contributed by atoms with Crippen LogP contribution in [0.4, 0.5) is 0 Å². The zero-order valence-corrected chi connectivity index (χ0v) is 9.84. The predicted molar refractivity (Wildman–Crippen MR) is 62.2 cm³/mol. The Morgan fingerprint density at radius 1 is 1.38 bits per heavy atom. The van der Waals surface area contributed by atoms with E-state index in [4.69, 9.17) is 4.74 Å². The van der Waals surface area contributed by atoms with E-state index < -0.39 is 0 Å². The van der Waals surface area contributed by atoms with Crippen LogP contribution in [0.25, 0.3) is 0 Å². The highest BCUT2D eigenvalue weighted by molar-refractivity contribution is 5.76. The molecule has 4 nitrogen and oxygen atoms in total. The molecule has 0 aliphatic carbocycles. The van der Waals surface area contributed by atoms with Gasteiger partial charge in [-0.15, -0.1) is 0 Å². The topological polar surface area (TPSA) is 50.4 Å². The van der Waals surface area contributed by atoms with Gasteiger partial charge in [-0.3, -0.25) is 4.79 Å². The van der Waals surface area contributed by atoms with Crippen molar-refractivity contribution in [1.29, 1.82) is 0 Å². The highest BCUT2D eigenvalue weighted by Gasteiger charge is 2.18. The van der Waals surface area contributed by atoms with Gasteiger partial charge < -0.3 is 15.4 Å².